The molecule has 0 aliphatic carbocycles. The van der Waals surface area contributed by atoms with E-state index >= 15 is 0 Å². The van der Waals surface area contributed by atoms with Gasteiger partial charge in [-0.25, -0.2) is 0 Å². The molecule has 3 heteroatoms. The summed E-state index contributed by atoms with van der Waals surface area (Å²) in [4.78, 5) is 2.35. The molecule has 2 rings (SSSR count). The van der Waals surface area contributed by atoms with Crippen molar-refractivity contribution in [3.63, 3.8) is 0 Å². The molecule has 16 heavy (non-hydrogen) atoms. The molecule has 88 valence electrons. The van der Waals surface area contributed by atoms with Gasteiger partial charge in [0.2, 0.25) is 0 Å². The normalized spacial score (nSPS) is 20.5. The van der Waals surface area contributed by atoms with Gasteiger partial charge in [-0.3, -0.25) is 0 Å². The lowest BCUT2D eigenvalue weighted by Crippen LogP contribution is -2.25. The van der Waals surface area contributed by atoms with Crippen molar-refractivity contribution in [3.8, 4) is 0 Å². The van der Waals surface area contributed by atoms with Gasteiger partial charge in [0.05, 0.1) is 6.61 Å². The van der Waals surface area contributed by atoms with E-state index in [2.05, 4.69) is 24.1 Å². The number of anilines is 1. The van der Waals surface area contributed by atoms with Gasteiger partial charge in [0.25, 0.3) is 0 Å². The van der Waals surface area contributed by atoms with Gasteiger partial charge in [0, 0.05) is 25.4 Å². The highest BCUT2D eigenvalue weighted by Crippen LogP contribution is 2.15. The Hall–Kier alpha value is -1.06. The van der Waals surface area contributed by atoms with E-state index in [1.807, 2.05) is 12.1 Å². The third kappa shape index (κ3) is 3.22. The number of benzene rings is 1. The SMILES string of the molecule is CN(Cc1ccc(N)cc1)CC1CCOC1. The molecule has 1 fully saturated rings. The van der Waals surface area contributed by atoms with Crippen molar-refractivity contribution in [2.24, 2.45) is 5.92 Å². The number of hydrogen-bond acceptors (Lipinski definition) is 3. The van der Waals surface area contributed by atoms with Crippen LogP contribution in [0.3, 0.4) is 0 Å². The summed E-state index contributed by atoms with van der Waals surface area (Å²) < 4.78 is 5.38. The van der Waals surface area contributed by atoms with Crippen LogP contribution in [0.5, 0.6) is 0 Å². The summed E-state index contributed by atoms with van der Waals surface area (Å²) in [5.74, 6) is 0.707. The molecule has 1 aromatic carbocycles. The number of hydrogen-bond donors (Lipinski definition) is 1. The molecule has 1 heterocycles. The van der Waals surface area contributed by atoms with Gasteiger partial charge in [-0.1, -0.05) is 12.1 Å². The first-order chi connectivity index (χ1) is 7.74. The Kier molecular flexibility index (Phi) is 3.80. The van der Waals surface area contributed by atoms with Gasteiger partial charge in [0.1, 0.15) is 0 Å². The van der Waals surface area contributed by atoms with Crippen LogP contribution in [0.2, 0.25) is 0 Å². The second-order valence-corrected chi connectivity index (χ2v) is 4.67. The Balaban J connectivity index is 1.81. The highest BCUT2D eigenvalue weighted by Gasteiger charge is 2.17. The van der Waals surface area contributed by atoms with Crippen LogP contribution in [-0.4, -0.2) is 31.7 Å². The highest BCUT2D eigenvalue weighted by molar-refractivity contribution is 5.39. The summed E-state index contributed by atoms with van der Waals surface area (Å²) >= 11 is 0. The first kappa shape index (κ1) is 11.4. The molecule has 0 spiro atoms. The van der Waals surface area contributed by atoms with E-state index in [0.29, 0.717) is 5.92 Å². The number of nitrogens with zero attached hydrogens (tertiary/aromatic N) is 1. The first-order valence-electron chi connectivity index (χ1n) is 5.85. The fourth-order valence-corrected chi connectivity index (χ4v) is 2.17. The van der Waals surface area contributed by atoms with Gasteiger partial charge in [-0.15, -0.1) is 0 Å². The van der Waals surface area contributed by atoms with Crippen LogP contribution in [0.1, 0.15) is 12.0 Å². The summed E-state index contributed by atoms with van der Waals surface area (Å²) in [7, 11) is 2.16. The molecule has 0 aromatic heterocycles. The molecule has 0 bridgehead atoms. The molecule has 0 amide bonds. The zero-order chi connectivity index (χ0) is 11.4. The molecule has 0 radical (unpaired) electrons. The maximum atomic E-state index is 5.66. The molecule has 3 nitrogen and oxygen atoms in total. The lowest BCUT2D eigenvalue weighted by atomic mass is 10.1. The minimum Gasteiger partial charge on any atom is -0.399 e. The second kappa shape index (κ2) is 5.32. The molecule has 1 unspecified atom stereocenters. The van der Waals surface area contributed by atoms with Crippen LogP contribution < -0.4 is 5.73 Å². The summed E-state index contributed by atoms with van der Waals surface area (Å²) in [6.07, 6.45) is 1.20. The smallest absolute Gasteiger partial charge is 0.0507 e. The highest BCUT2D eigenvalue weighted by atomic mass is 16.5. The summed E-state index contributed by atoms with van der Waals surface area (Å²) in [5, 5.41) is 0. The average molecular weight is 220 g/mol. The zero-order valence-corrected chi connectivity index (χ0v) is 9.86. The Bertz CT molecular complexity index is 317. The average Bonchev–Trinajstić information content (AvgIpc) is 2.74. The van der Waals surface area contributed by atoms with E-state index in [4.69, 9.17) is 10.5 Å². The summed E-state index contributed by atoms with van der Waals surface area (Å²) in [5.41, 5.74) is 7.80. The maximum Gasteiger partial charge on any atom is 0.0507 e. The van der Waals surface area contributed by atoms with E-state index in [1.165, 1.54) is 12.0 Å². The molecular formula is C13H20N2O. The topological polar surface area (TPSA) is 38.5 Å². The molecule has 2 N–H and O–H groups in total. The van der Waals surface area contributed by atoms with Crippen molar-refractivity contribution in [1.29, 1.82) is 0 Å². The number of rotatable bonds is 4. The van der Waals surface area contributed by atoms with Gasteiger partial charge in [-0.05, 0) is 37.1 Å². The Morgan fingerprint density at radius 1 is 1.38 bits per heavy atom. The number of ether oxygens (including phenoxy) is 1. The van der Waals surface area contributed by atoms with Crippen molar-refractivity contribution >= 4 is 5.69 Å². The minimum atomic E-state index is 0.707. The van der Waals surface area contributed by atoms with Crippen molar-refractivity contribution in [2.75, 3.05) is 32.5 Å². The molecule has 1 aliphatic heterocycles. The van der Waals surface area contributed by atoms with Crippen LogP contribution in [0, 0.1) is 5.92 Å². The monoisotopic (exact) mass is 220 g/mol. The molecule has 0 saturated carbocycles. The predicted molar refractivity (Wildman–Crippen MR) is 66.1 cm³/mol. The summed E-state index contributed by atoms with van der Waals surface area (Å²) in [6, 6.07) is 8.11. The molecule has 1 saturated heterocycles. The third-order valence-corrected chi connectivity index (χ3v) is 3.03. The second-order valence-electron chi connectivity index (χ2n) is 4.67. The van der Waals surface area contributed by atoms with Crippen LogP contribution in [-0.2, 0) is 11.3 Å². The van der Waals surface area contributed by atoms with Crippen molar-refractivity contribution in [2.45, 2.75) is 13.0 Å². The Labute approximate surface area is 97.2 Å². The van der Waals surface area contributed by atoms with E-state index in [1.54, 1.807) is 0 Å². The van der Waals surface area contributed by atoms with Crippen LogP contribution in [0.15, 0.2) is 24.3 Å². The molecule has 1 aliphatic rings. The third-order valence-electron chi connectivity index (χ3n) is 3.03. The van der Waals surface area contributed by atoms with E-state index in [-0.39, 0.29) is 0 Å². The van der Waals surface area contributed by atoms with Crippen LogP contribution in [0.25, 0.3) is 0 Å². The largest absolute Gasteiger partial charge is 0.399 e. The van der Waals surface area contributed by atoms with E-state index < -0.39 is 0 Å². The lowest BCUT2D eigenvalue weighted by Gasteiger charge is -2.20. The van der Waals surface area contributed by atoms with Gasteiger partial charge >= 0.3 is 0 Å². The minimum absolute atomic E-state index is 0.707. The van der Waals surface area contributed by atoms with E-state index in [9.17, 15) is 0 Å². The van der Waals surface area contributed by atoms with Crippen LogP contribution in [0.4, 0.5) is 5.69 Å². The lowest BCUT2D eigenvalue weighted by molar-refractivity contribution is 0.173. The number of nitrogens with two attached hydrogens (primary N) is 1. The predicted octanol–water partition coefficient (Wildman–Crippen LogP) is 1.74. The molecular weight excluding hydrogens is 200 g/mol. The Morgan fingerprint density at radius 2 is 2.12 bits per heavy atom. The standard InChI is InChI=1S/C13H20N2O/c1-15(9-12-6-7-16-10-12)8-11-2-4-13(14)5-3-11/h2-5,12H,6-10,14H2,1H3. The van der Waals surface area contributed by atoms with Crippen LogP contribution >= 0.6 is 0 Å². The fourth-order valence-electron chi connectivity index (χ4n) is 2.17. The van der Waals surface area contributed by atoms with Crippen molar-refractivity contribution < 1.29 is 4.74 Å². The zero-order valence-electron chi connectivity index (χ0n) is 9.86. The maximum absolute atomic E-state index is 5.66. The van der Waals surface area contributed by atoms with Gasteiger partial charge < -0.3 is 15.4 Å². The first-order valence-corrected chi connectivity index (χ1v) is 5.85. The quantitative estimate of drug-likeness (QED) is 0.785. The molecule has 1 atom stereocenters. The van der Waals surface area contributed by atoms with Gasteiger partial charge in [0.15, 0.2) is 0 Å². The van der Waals surface area contributed by atoms with Crippen molar-refractivity contribution in [1.82, 2.24) is 4.90 Å². The fraction of sp³-hybridized carbons (Fsp3) is 0.538. The molecule has 1 aromatic rings. The number of nitrogen functional groups attached to an aromatic ring is 1. The summed E-state index contributed by atoms with van der Waals surface area (Å²) in [6.45, 7) is 3.95. The van der Waals surface area contributed by atoms with Gasteiger partial charge in [-0.2, -0.15) is 0 Å². The Morgan fingerprint density at radius 3 is 2.75 bits per heavy atom. The van der Waals surface area contributed by atoms with Crippen molar-refractivity contribution in [3.05, 3.63) is 29.8 Å². The van der Waals surface area contributed by atoms with E-state index in [0.717, 1.165) is 32.0 Å².